The summed E-state index contributed by atoms with van der Waals surface area (Å²) in [6, 6.07) is 0.433. The molecule has 1 saturated carbocycles. The Morgan fingerprint density at radius 3 is 2.71 bits per heavy atom. The van der Waals surface area contributed by atoms with Crippen LogP contribution in [-0.2, 0) is 9.84 Å². The Hall–Kier alpha value is -0.310. The number of halogens is 1. The summed E-state index contributed by atoms with van der Waals surface area (Å²) in [5, 5.41) is 6.79. The zero-order chi connectivity index (χ0) is 16.9. The van der Waals surface area contributed by atoms with Crippen molar-refractivity contribution in [1.82, 2.24) is 10.6 Å². The van der Waals surface area contributed by atoms with Crippen molar-refractivity contribution >= 4 is 39.8 Å². The molecule has 0 amide bonds. The van der Waals surface area contributed by atoms with Crippen LogP contribution in [0.4, 0.5) is 0 Å². The quantitative estimate of drug-likeness (QED) is 0.281. The first kappa shape index (κ1) is 21.7. The van der Waals surface area contributed by atoms with Gasteiger partial charge in [-0.1, -0.05) is 26.3 Å². The Bertz CT molecular complexity index is 546. The summed E-state index contributed by atoms with van der Waals surface area (Å²) in [6.45, 7) is 9.60. The van der Waals surface area contributed by atoms with E-state index in [-0.39, 0.29) is 35.6 Å². The fourth-order valence-corrected chi connectivity index (χ4v) is 5.42. The zero-order valence-electron chi connectivity index (χ0n) is 14.9. The second kappa shape index (κ2) is 9.40. The van der Waals surface area contributed by atoms with Gasteiger partial charge in [0, 0.05) is 19.1 Å². The number of guanidine groups is 1. The van der Waals surface area contributed by atoms with E-state index < -0.39 is 9.84 Å². The highest BCUT2D eigenvalue weighted by Crippen LogP contribution is 2.35. The zero-order valence-corrected chi connectivity index (χ0v) is 18.0. The van der Waals surface area contributed by atoms with Gasteiger partial charge in [0.2, 0.25) is 0 Å². The molecule has 1 saturated heterocycles. The molecule has 1 aliphatic heterocycles. The van der Waals surface area contributed by atoms with Crippen LogP contribution in [0.5, 0.6) is 0 Å². The Labute approximate surface area is 164 Å². The molecule has 5 nitrogen and oxygen atoms in total. The number of nitrogens with one attached hydrogen (secondary N) is 2. The molecular weight excluding hydrogens is 437 g/mol. The van der Waals surface area contributed by atoms with E-state index in [0.29, 0.717) is 30.3 Å². The van der Waals surface area contributed by atoms with Gasteiger partial charge in [-0.15, -0.1) is 30.6 Å². The monoisotopic (exact) mass is 469 g/mol. The van der Waals surface area contributed by atoms with E-state index in [1.54, 1.807) is 0 Å². The summed E-state index contributed by atoms with van der Waals surface area (Å²) < 4.78 is 23.1. The van der Waals surface area contributed by atoms with E-state index in [1.807, 2.05) is 6.08 Å². The van der Waals surface area contributed by atoms with Crippen molar-refractivity contribution < 1.29 is 8.42 Å². The molecule has 1 aliphatic carbocycles. The summed E-state index contributed by atoms with van der Waals surface area (Å²) >= 11 is 0. The van der Waals surface area contributed by atoms with E-state index in [0.717, 1.165) is 25.2 Å². The summed E-state index contributed by atoms with van der Waals surface area (Å²) in [7, 11) is -2.83. The van der Waals surface area contributed by atoms with Crippen molar-refractivity contribution in [2.24, 2.45) is 16.3 Å². The molecule has 2 unspecified atom stereocenters. The normalized spacial score (nSPS) is 28.7. The third-order valence-electron chi connectivity index (χ3n) is 4.79. The molecule has 7 heteroatoms. The largest absolute Gasteiger partial charge is 0.354 e. The van der Waals surface area contributed by atoms with Crippen LogP contribution < -0.4 is 10.6 Å². The molecule has 0 radical (unpaired) electrons. The summed E-state index contributed by atoms with van der Waals surface area (Å²) in [5.74, 6) is 1.54. The predicted molar refractivity (Wildman–Crippen MR) is 112 cm³/mol. The highest BCUT2D eigenvalue weighted by Gasteiger charge is 2.29. The average molecular weight is 469 g/mol. The molecule has 0 bridgehead atoms. The van der Waals surface area contributed by atoms with Crippen LogP contribution in [0.2, 0.25) is 0 Å². The van der Waals surface area contributed by atoms with Gasteiger partial charge < -0.3 is 10.6 Å². The van der Waals surface area contributed by atoms with Crippen molar-refractivity contribution in [1.29, 1.82) is 0 Å². The van der Waals surface area contributed by atoms with Gasteiger partial charge >= 0.3 is 0 Å². The molecule has 2 aliphatic rings. The molecule has 2 fully saturated rings. The number of rotatable bonds is 5. The molecule has 2 atom stereocenters. The van der Waals surface area contributed by atoms with Crippen molar-refractivity contribution in [3.05, 3.63) is 12.7 Å². The average Bonchev–Trinajstić information content (AvgIpc) is 2.80. The number of nitrogens with zero attached hydrogens (tertiary/aromatic N) is 1. The van der Waals surface area contributed by atoms with Crippen LogP contribution in [0.15, 0.2) is 17.6 Å². The van der Waals surface area contributed by atoms with Gasteiger partial charge in [-0.25, -0.2) is 8.42 Å². The van der Waals surface area contributed by atoms with Gasteiger partial charge in [-0.05, 0) is 37.0 Å². The summed E-state index contributed by atoms with van der Waals surface area (Å²) in [4.78, 5) is 4.63. The van der Waals surface area contributed by atoms with Gasteiger partial charge in [0.15, 0.2) is 15.8 Å². The minimum atomic E-state index is -2.83. The fraction of sp³-hybridized carbons (Fsp3) is 0.824. The Balaban J connectivity index is 0.00000288. The van der Waals surface area contributed by atoms with Gasteiger partial charge in [-0.3, -0.25) is 4.99 Å². The van der Waals surface area contributed by atoms with E-state index >= 15 is 0 Å². The lowest BCUT2D eigenvalue weighted by Crippen LogP contribution is -2.46. The Morgan fingerprint density at radius 1 is 1.38 bits per heavy atom. The van der Waals surface area contributed by atoms with Gasteiger partial charge in [0.1, 0.15) is 0 Å². The predicted octanol–water partition coefficient (Wildman–Crippen LogP) is 2.73. The van der Waals surface area contributed by atoms with Crippen molar-refractivity contribution in [2.75, 3.05) is 24.6 Å². The highest BCUT2D eigenvalue weighted by atomic mass is 127. The van der Waals surface area contributed by atoms with Crippen LogP contribution in [0.25, 0.3) is 0 Å². The second-order valence-corrected chi connectivity index (χ2v) is 9.96. The molecule has 2 N–H and O–H groups in total. The molecule has 140 valence electrons. The number of aliphatic imine (C=N–C) groups is 1. The Morgan fingerprint density at radius 2 is 2.12 bits per heavy atom. The van der Waals surface area contributed by atoms with Crippen LogP contribution in [-0.4, -0.2) is 45.0 Å². The summed E-state index contributed by atoms with van der Waals surface area (Å²) in [5.41, 5.74) is 0.374. The molecule has 0 aromatic carbocycles. The molecule has 1 heterocycles. The van der Waals surface area contributed by atoms with E-state index in [1.165, 1.54) is 12.8 Å². The Kier molecular flexibility index (Phi) is 8.52. The molecule has 0 aromatic rings. The van der Waals surface area contributed by atoms with E-state index in [2.05, 4.69) is 36.1 Å². The van der Waals surface area contributed by atoms with Crippen LogP contribution in [0.3, 0.4) is 0 Å². The van der Waals surface area contributed by atoms with Crippen LogP contribution >= 0.6 is 24.0 Å². The third kappa shape index (κ3) is 7.29. The number of sulfone groups is 1. The molecule has 0 aromatic heterocycles. The standard InChI is InChI=1S/C17H31N3O2S.HI/c1-4-9-18-16(19-12-14-7-10-23(21,22)13-14)20-15-6-5-8-17(2,3)11-15;/h4,14-15H,1,5-13H2,2-3H3,(H2,18,19,20);1H. The van der Waals surface area contributed by atoms with Crippen molar-refractivity contribution in [2.45, 2.75) is 52.0 Å². The lowest BCUT2D eigenvalue weighted by Gasteiger charge is -2.36. The lowest BCUT2D eigenvalue weighted by molar-refractivity contribution is 0.210. The molecule has 24 heavy (non-hydrogen) atoms. The SMILES string of the molecule is C=CCNC(=NCC1CCS(=O)(=O)C1)NC1CCCC(C)(C)C1.I. The smallest absolute Gasteiger partial charge is 0.191 e. The van der Waals surface area contributed by atoms with Crippen LogP contribution in [0, 0.1) is 11.3 Å². The molecule has 2 rings (SSSR count). The molecular formula is C17H32IN3O2S. The van der Waals surface area contributed by atoms with E-state index in [4.69, 9.17) is 0 Å². The first-order chi connectivity index (χ1) is 10.8. The number of hydrogen-bond donors (Lipinski definition) is 2. The van der Waals surface area contributed by atoms with Gasteiger partial charge in [-0.2, -0.15) is 0 Å². The number of hydrogen-bond acceptors (Lipinski definition) is 3. The van der Waals surface area contributed by atoms with Gasteiger partial charge in [0.25, 0.3) is 0 Å². The first-order valence-electron chi connectivity index (χ1n) is 8.66. The first-order valence-corrected chi connectivity index (χ1v) is 10.5. The van der Waals surface area contributed by atoms with Crippen LogP contribution in [0.1, 0.15) is 46.0 Å². The lowest BCUT2D eigenvalue weighted by atomic mass is 9.75. The maximum absolute atomic E-state index is 11.6. The van der Waals surface area contributed by atoms with Crippen molar-refractivity contribution in [3.8, 4) is 0 Å². The highest BCUT2D eigenvalue weighted by molar-refractivity contribution is 14.0. The fourth-order valence-electron chi connectivity index (χ4n) is 3.57. The maximum Gasteiger partial charge on any atom is 0.191 e. The van der Waals surface area contributed by atoms with Crippen molar-refractivity contribution in [3.63, 3.8) is 0 Å². The minimum absolute atomic E-state index is 0. The topological polar surface area (TPSA) is 70.6 Å². The van der Waals surface area contributed by atoms with E-state index in [9.17, 15) is 8.42 Å². The minimum Gasteiger partial charge on any atom is -0.354 e. The third-order valence-corrected chi connectivity index (χ3v) is 6.63. The second-order valence-electron chi connectivity index (χ2n) is 7.73. The maximum atomic E-state index is 11.6. The van der Waals surface area contributed by atoms with Gasteiger partial charge in [0.05, 0.1) is 11.5 Å². The summed E-state index contributed by atoms with van der Waals surface area (Å²) in [6.07, 6.45) is 7.35. The molecule has 0 spiro atoms.